The van der Waals surface area contributed by atoms with Gasteiger partial charge in [0, 0.05) is 5.39 Å². The number of allylic oxidation sites excluding steroid dienone is 2. The standard InChI is InChI=1S/C30H23NO5/c1-15(32)19-11-8-16-4-2-3-5-20(16)27(19)36-30(35)17-6-9-18(10-7-17)31-28(33)25-21-12-13-22(24-14-23(21)24)26(25)29(31)34/h2-13,21-26H,14H2,1H3/t21-,22-,23-,24-,25+,26+/m1/s1. The molecule has 1 aliphatic heterocycles. The Morgan fingerprint density at radius 2 is 1.47 bits per heavy atom. The smallest absolute Gasteiger partial charge is 0.343 e. The van der Waals surface area contributed by atoms with E-state index in [1.165, 1.54) is 11.8 Å². The molecule has 4 aliphatic carbocycles. The van der Waals surface area contributed by atoms with Crippen LogP contribution in [0.1, 0.15) is 34.1 Å². The molecule has 6 atom stereocenters. The number of nitrogens with zero attached hydrogens (tertiary/aromatic N) is 1. The number of hydrogen-bond donors (Lipinski definition) is 0. The van der Waals surface area contributed by atoms with Crippen LogP contribution >= 0.6 is 0 Å². The lowest BCUT2D eigenvalue weighted by Crippen LogP contribution is -2.40. The minimum Gasteiger partial charge on any atom is -0.421 e. The monoisotopic (exact) mass is 477 g/mol. The van der Waals surface area contributed by atoms with E-state index in [4.69, 9.17) is 4.74 Å². The molecule has 0 spiro atoms. The Bertz CT molecular complexity index is 1480. The zero-order valence-corrected chi connectivity index (χ0v) is 19.6. The fourth-order valence-electron chi connectivity index (χ4n) is 6.74. The van der Waals surface area contributed by atoms with Crippen LogP contribution in [-0.2, 0) is 9.59 Å². The van der Waals surface area contributed by atoms with E-state index in [1.54, 1.807) is 30.3 Å². The van der Waals surface area contributed by atoms with Crippen molar-refractivity contribution in [2.45, 2.75) is 13.3 Å². The van der Waals surface area contributed by atoms with Crippen LogP contribution in [0.3, 0.4) is 0 Å². The summed E-state index contributed by atoms with van der Waals surface area (Å²) in [6.07, 6.45) is 5.42. The van der Waals surface area contributed by atoms with Gasteiger partial charge in [0.25, 0.3) is 0 Å². The molecule has 0 N–H and O–H groups in total. The number of amides is 2. The molecule has 1 saturated heterocycles. The minimum absolute atomic E-state index is 0.133. The maximum absolute atomic E-state index is 13.3. The highest BCUT2D eigenvalue weighted by Gasteiger charge is 2.67. The summed E-state index contributed by atoms with van der Waals surface area (Å²) in [5.41, 5.74) is 1.06. The second kappa shape index (κ2) is 7.47. The molecule has 5 aliphatic rings. The molecule has 36 heavy (non-hydrogen) atoms. The molecule has 0 unspecified atom stereocenters. The first-order chi connectivity index (χ1) is 17.4. The molecule has 0 aromatic heterocycles. The molecule has 178 valence electrons. The van der Waals surface area contributed by atoms with Crippen molar-refractivity contribution in [2.24, 2.45) is 35.5 Å². The highest BCUT2D eigenvalue weighted by molar-refractivity contribution is 6.22. The summed E-state index contributed by atoms with van der Waals surface area (Å²) in [5, 5.41) is 1.53. The maximum atomic E-state index is 13.3. The minimum atomic E-state index is -0.615. The number of imide groups is 1. The van der Waals surface area contributed by atoms with Crippen LogP contribution < -0.4 is 9.64 Å². The molecule has 3 fully saturated rings. The lowest BCUT2D eigenvalue weighted by Gasteiger charge is -2.37. The van der Waals surface area contributed by atoms with Gasteiger partial charge in [0.05, 0.1) is 28.7 Å². The van der Waals surface area contributed by atoms with Crippen LogP contribution in [0.25, 0.3) is 10.8 Å². The SMILES string of the molecule is CC(=O)c1ccc2ccccc2c1OC(=O)c1ccc(N2C(=O)[C@H]3[C@@H]4C=C[C@H]([C@H]5C[C@H]45)[C@@H]3C2=O)cc1. The van der Waals surface area contributed by atoms with Gasteiger partial charge in [-0.25, -0.2) is 4.79 Å². The molecule has 0 radical (unpaired) electrons. The Labute approximate surface area is 207 Å². The fraction of sp³-hybridized carbons (Fsp3) is 0.267. The predicted molar refractivity (Wildman–Crippen MR) is 133 cm³/mol. The molecule has 6 nitrogen and oxygen atoms in total. The number of ketones is 1. The number of anilines is 1. The molecule has 2 saturated carbocycles. The lowest BCUT2D eigenvalue weighted by atomic mass is 9.63. The van der Waals surface area contributed by atoms with E-state index in [-0.39, 0.29) is 52.6 Å². The van der Waals surface area contributed by atoms with Gasteiger partial charge in [0.1, 0.15) is 5.75 Å². The van der Waals surface area contributed by atoms with Crippen molar-refractivity contribution in [1.29, 1.82) is 0 Å². The molecule has 2 bridgehead atoms. The van der Waals surface area contributed by atoms with Gasteiger partial charge >= 0.3 is 5.97 Å². The molecule has 2 amide bonds. The van der Waals surface area contributed by atoms with Gasteiger partial charge in [0.15, 0.2) is 5.78 Å². The molecular weight excluding hydrogens is 454 g/mol. The Kier molecular flexibility index (Phi) is 4.41. The second-order valence-corrected chi connectivity index (χ2v) is 10.3. The summed E-state index contributed by atoms with van der Waals surface area (Å²) in [7, 11) is 0. The largest absolute Gasteiger partial charge is 0.421 e. The third-order valence-corrected chi connectivity index (χ3v) is 8.48. The Hall–Kier alpha value is -4.06. The van der Waals surface area contributed by atoms with Crippen molar-refractivity contribution in [2.75, 3.05) is 4.90 Å². The average Bonchev–Trinajstić information content (AvgIpc) is 3.67. The Morgan fingerprint density at radius 1 is 0.833 bits per heavy atom. The molecule has 3 aromatic rings. The summed E-state index contributed by atoms with van der Waals surface area (Å²) in [4.78, 5) is 53.2. The zero-order valence-electron chi connectivity index (χ0n) is 19.6. The number of carbonyl (C=O) groups excluding carboxylic acids is 4. The number of benzene rings is 3. The summed E-state index contributed by atoms with van der Waals surface area (Å²) >= 11 is 0. The third kappa shape index (κ3) is 2.90. The van der Waals surface area contributed by atoms with E-state index in [2.05, 4.69) is 12.2 Å². The highest BCUT2D eigenvalue weighted by atomic mass is 16.5. The van der Waals surface area contributed by atoms with Crippen molar-refractivity contribution in [3.63, 3.8) is 0 Å². The molecular formula is C30H23NO5. The second-order valence-electron chi connectivity index (χ2n) is 10.3. The molecule has 6 heteroatoms. The summed E-state index contributed by atoms with van der Waals surface area (Å²) in [6.45, 7) is 1.43. The maximum Gasteiger partial charge on any atom is 0.343 e. The number of rotatable bonds is 4. The van der Waals surface area contributed by atoms with E-state index in [1.807, 2.05) is 30.3 Å². The van der Waals surface area contributed by atoms with E-state index in [9.17, 15) is 19.2 Å². The number of ether oxygens (including phenoxy) is 1. The average molecular weight is 478 g/mol. The summed E-state index contributed by atoms with van der Waals surface area (Å²) in [6, 6.07) is 17.2. The Balaban J connectivity index is 1.16. The lowest BCUT2D eigenvalue weighted by molar-refractivity contribution is -0.124. The van der Waals surface area contributed by atoms with Crippen molar-refractivity contribution >= 4 is 40.0 Å². The van der Waals surface area contributed by atoms with E-state index >= 15 is 0 Å². The number of hydrogen-bond acceptors (Lipinski definition) is 5. The van der Waals surface area contributed by atoms with Crippen molar-refractivity contribution < 1.29 is 23.9 Å². The predicted octanol–water partition coefficient (Wildman–Crippen LogP) is 4.82. The van der Waals surface area contributed by atoms with E-state index in [0.717, 1.165) is 11.8 Å². The van der Waals surface area contributed by atoms with Crippen LogP contribution in [0, 0.1) is 35.5 Å². The first kappa shape index (κ1) is 21.2. The highest BCUT2D eigenvalue weighted by Crippen LogP contribution is 2.65. The Morgan fingerprint density at radius 3 is 2.11 bits per heavy atom. The van der Waals surface area contributed by atoms with Crippen LogP contribution in [0.4, 0.5) is 5.69 Å². The van der Waals surface area contributed by atoms with Crippen molar-refractivity contribution in [3.05, 3.63) is 83.9 Å². The first-order valence-corrected chi connectivity index (χ1v) is 12.3. The van der Waals surface area contributed by atoms with Gasteiger partial charge in [-0.1, -0.05) is 42.5 Å². The third-order valence-electron chi connectivity index (χ3n) is 8.48. The molecule has 3 aromatic carbocycles. The van der Waals surface area contributed by atoms with Crippen LogP contribution in [0.15, 0.2) is 72.8 Å². The van der Waals surface area contributed by atoms with Crippen LogP contribution in [0.5, 0.6) is 5.75 Å². The van der Waals surface area contributed by atoms with Gasteiger partial charge < -0.3 is 4.74 Å². The van der Waals surface area contributed by atoms with Crippen LogP contribution in [0.2, 0.25) is 0 Å². The van der Waals surface area contributed by atoms with Gasteiger partial charge in [-0.2, -0.15) is 0 Å². The van der Waals surface area contributed by atoms with Gasteiger partial charge in [-0.05, 0) is 72.7 Å². The zero-order chi connectivity index (χ0) is 24.7. The summed E-state index contributed by atoms with van der Waals surface area (Å²) < 4.78 is 5.73. The van der Waals surface area contributed by atoms with Gasteiger partial charge in [-0.3, -0.25) is 19.3 Å². The number of Topliss-reactive ketones (excluding diaryl/α,β-unsaturated/α-hetero) is 1. The van der Waals surface area contributed by atoms with Gasteiger partial charge in [-0.15, -0.1) is 0 Å². The number of esters is 1. The molecule has 8 rings (SSSR count). The number of carbonyl (C=O) groups is 4. The van der Waals surface area contributed by atoms with E-state index in [0.29, 0.717) is 28.5 Å². The summed E-state index contributed by atoms with van der Waals surface area (Å²) in [5.74, 6) is 0.0308. The fourth-order valence-corrected chi connectivity index (χ4v) is 6.74. The normalized spacial score (nSPS) is 29.3. The van der Waals surface area contributed by atoms with Crippen molar-refractivity contribution in [1.82, 2.24) is 0 Å². The van der Waals surface area contributed by atoms with Gasteiger partial charge in [0.2, 0.25) is 11.8 Å². The van der Waals surface area contributed by atoms with E-state index < -0.39 is 5.97 Å². The quantitative estimate of drug-likeness (QED) is 0.177. The first-order valence-electron chi connectivity index (χ1n) is 12.3. The number of fused-ring (bicyclic) bond motifs is 1. The van der Waals surface area contributed by atoms with Crippen molar-refractivity contribution in [3.8, 4) is 5.75 Å². The van der Waals surface area contributed by atoms with Crippen LogP contribution in [-0.4, -0.2) is 23.6 Å². The molecule has 1 heterocycles. The topological polar surface area (TPSA) is 80.8 Å².